The van der Waals surface area contributed by atoms with Crippen molar-refractivity contribution in [3.8, 4) is 27.3 Å². The summed E-state index contributed by atoms with van der Waals surface area (Å²) < 4.78 is 28.9. The molecule has 7 aromatic rings. The van der Waals surface area contributed by atoms with E-state index in [0.29, 0.717) is 85.3 Å². The molecule has 2 fully saturated rings. The summed E-state index contributed by atoms with van der Waals surface area (Å²) >= 11 is 8.49. The van der Waals surface area contributed by atoms with Crippen LogP contribution in [0.4, 0.5) is 16.2 Å². The zero-order valence-electron chi connectivity index (χ0n) is 42.7. The fraction of sp³-hybridized carbons (Fsp3) is 0.375. The largest absolute Gasteiger partial charge is 0.508 e. The van der Waals surface area contributed by atoms with Crippen molar-refractivity contribution in [2.24, 2.45) is 0 Å². The van der Waals surface area contributed by atoms with E-state index in [0.717, 1.165) is 27.3 Å². The molecule has 75 heavy (non-hydrogen) atoms. The number of rotatable bonds is 18. The van der Waals surface area contributed by atoms with Crippen LogP contribution in [0.5, 0.6) is 5.75 Å². The van der Waals surface area contributed by atoms with Crippen LogP contribution < -0.4 is 15.5 Å². The molecule has 4 amide bonds. The van der Waals surface area contributed by atoms with E-state index in [1.807, 2.05) is 85.8 Å². The summed E-state index contributed by atoms with van der Waals surface area (Å²) in [6, 6.07) is 21.1. The lowest BCUT2D eigenvalue weighted by molar-refractivity contribution is -0.140. The second kappa shape index (κ2) is 23.2. The summed E-state index contributed by atoms with van der Waals surface area (Å²) in [6.07, 6.45) is 3.22. The number of amides is 4. The number of ether oxygens (including phenoxy) is 1. The minimum Gasteiger partial charge on any atom is -0.508 e. The lowest BCUT2D eigenvalue weighted by Gasteiger charge is -2.35. The third kappa shape index (κ3) is 11.7. The Labute approximate surface area is 443 Å². The van der Waals surface area contributed by atoms with Crippen molar-refractivity contribution < 1.29 is 37.8 Å². The summed E-state index contributed by atoms with van der Waals surface area (Å²) in [5, 5.41) is 18.8. The Hall–Kier alpha value is -7.15. The number of nitrogens with one attached hydrogen (secondary N) is 2. The van der Waals surface area contributed by atoms with Crippen molar-refractivity contribution in [3.05, 3.63) is 118 Å². The lowest BCUT2D eigenvalue weighted by Crippen LogP contribution is -2.48. The number of halogens is 2. The molecule has 19 heteroatoms. The number of thiazole rings is 1. The van der Waals surface area contributed by atoms with Crippen molar-refractivity contribution in [2.75, 3.05) is 76.3 Å². The Kier molecular flexibility index (Phi) is 16.3. The number of aromatic nitrogens is 3. The van der Waals surface area contributed by atoms with Gasteiger partial charge in [0.15, 0.2) is 5.82 Å². The van der Waals surface area contributed by atoms with Crippen molar-refractivity contribution in [2.45, 2.75) is 71.4 Å². The van der Waals surface area contributed by atoms with E-state index in [9.17, 15) is 24.3 Å². The summed E-state index contributed by atoms with van der Waals surface area (Å²) in [5.41, 5.74) is 6.21. The van der Waals surface area contributed by atoms with Crippen LogP contribution >= 0.6 is 22.9 Å². The highest BCUT2D eigenvalue weighted by Crippen LogP contribution is 2.42. The van der Waals surface area contributed by atoms with Crippen molar-refractivity contribution >= 4 is 80.0 Å². The summed E-state index contributed by atoms with van der Waals surface area (Å²) in [5.74, 6) is -0.985. The number of anilines is 2. The van der Waals surface area contributed by atoms with Gasteiger partial charge in [0.2, 0.25) is 29.6 Å². The number of likely N-dealkylation sites (N-methyl/N-ethyl adjacent to an activating group) is 1. The minimum atomic E-state index is -0.692. The third-order valence-electron chi connectivity index (χ3n) is 14.2. The second-order valence-electron chi connectivity index (χ2n) is 19.3. The van der Waals surface area contributed by atoms with E-state index in [4.69, 9.17) is 25.7 Å². The van der Waals surface area contributed by atoms with Crippen LogP contribution in [0.1, 0.15) is 74.1 Å². The molecule has 0 saturated carbocycles. The van der Waals surface area contributed by atoms with E-state index in [1.54, 1.807) is 51.5 Å². The highest BCUT2D eigenvalue weighted by atomic mass is 35.5. The second-order valence-corrected chi connectivity index (χ2v) is 20.6. The number of carbonyl (C=O) groups is 4. The molecule has 3 aromatic heterocycles. The third-order valence-corrected chi connectivity index (χ3v) is 15.5. The molecule has 0 spiro atoms. The first-order valence-electron chi connectivity index (χ1n) is 25.3. The van der Waals surface area contributed by atoms with E-state index < -0.39 is 17.8 Å². The van der Waals surface area contributed by atoms with Crippen LogP contribution in [0.15, 0.2) is 89.0 Å². The van der Waals surface area contributed by atoms with Gasteiger partial charge in [-0.3, -0.25) is 19.2 Å². The van der Waals surface area contributed by atoms with Gasteiger partial charge in [-0.15, -0.1) is 11.3 Å². The maximum absolute atomic E-state index is 17.1. The zero-order valence-corrected chi connectivity index (χ0v) is 44.3. The summed E-state index contributed by atoms with van der Waals surface area (Å²) in [7, 11) is 1.68. The molecule has 5 heterocycles. The van der Waals surface area contributed by atoms with Crippen molar-refractivity contribution in [1.82, 2.24) is 35.0 Å². The number of piperazine rings is 1. The number of phenols is 1. The van der Waals surface area contributed by atoms with E-state index in [2.05, 4.69) is 20.6 Å². The predicted octanol–water partition coefficient (Wildman–Crippen LogP) is 9.27. The number of aryl methyl sites for hydroxylation is 2. The van der Waals surface area contributed by atoms with Gasteiger partial charge in [-0.05, 0) is 97.3 Å². The number of phenolic OH excluding ortho intramolecular Hbond substituents is 1. The molecular formula is C56H61ClFN9O7S. The molecule has 2 aliphatic heterocycles. The number of likely N-dealkylation sites (tertiary alicyclic amines) is 1. The quantitative estimate of drug-likeness (QED) is 0.0693. The van der Waals surface area contributed by atoms with Crippen molar-refractivity contribution in [3.63, 3.8) is 0 Å². The normalized spacial score (nSPS) is 15.6. The average molecular weight is 1060 g/mol. The molecule has 392 valence electrons. The van der Waals surface area contributed by atoms with Gasteiger partial charge in [0.1, 0.15) is 28.9 Å². The average Bonchev–Trinajstić information content (AvgIpc) is 4.19. The molecule has 0 bridgehead atoms. The van der Waals surface area contributed by atoms with Gasteiger partial charge >= 0.3 is 0 Å². The summed E-state index contributed by atoms with van der Waals surface area (Å²) in [4.78, 5) is 75.6. The zero-order chi connectivity index (χ0) is 52.9. The molecule has 1 unspecified atom stereocenters. The highest BCUT2D eigenvalue weighted by molar-refractivity contribution is 7.13. The number of furan rings is 1. The van der Waals surface area contributed by atoms with Crippen LogP contribution in [-0.2, 0) is 23.9 Å². The van der Waals surface area contributed by atoms with Crippen molar-refractivity contribution in [1.29, 1.82) is 0 Å². The minimum absolute atomic E-state index is 0.00615. The van der Waals surface area contributed by atoms with E-state index in [-0.39, 0.29) is 90.2 Å². The topological polar surface area (TPSA) is 187 Å². The Morgan fingerprint density at radius 1 is 0.987 bits per heavy atom. The van der Waals surface area contributed by atoms with Crippen LogP contribution in [-0.4, -0.2) is 131 Å². The number of nitrogens with zero attached hydrogens (tertiary/aromatic N) is 7. The molecule has 0 radical (unpaired) electrons. The molecule has 9 rings (SSSR count). The Balaban J connectivity index is 0.808. The van der Waals surface area contributed by atoms with Gasteiger partial charge in [0, 0.05) is 83.8 Å². The number of carbonyl (C=O) groups excluding carboxylic acids is 4. The first-order valence-corrected chi connectivity index (χ1v) is 26.5. The monoisotopic (exact) mass is 1060 g/mol. The number of aromatic hydroxyl groups is 1. The molecule has 0 aliphatic carbocycles. The van der Waals surface area contributed by atoms with Crippen LogP contribution in [0, 0.1) is 19.7 Å². The van der Waals surface area contributed by atoms with Gasteiger partial charge in [-0.2, -0.15) is 4.98 Å². The van der Waals surface area contributed by atoms with Crippen LogP contribution in [0.2, 0.25) is 5.02 Å². The SMILES string of the molecule is CC(=O)N1CCN(c2nc(NCCC(=O)N(C)CCOCCC(C(=O)N3CCC[C@H]3C(=O)N[C@@H](C)c3ccc(-c4scnc4C)cc3)c3cc(C)co3)nc3c(F)c(-c4cc(O)cc5ccccc45)c(Cl)cc23)CC1. The fourth-order valence-corrected chi connectivity index (χ4v) is 11.1. The smallest absolute Gasteiger partial charge is 0.243 e. The van der Waals surface area contributed by atoms with Gasteiger partial charge in [0.25, 0.3) is 0 Å². The number of fused-ring (bicyclic) bond motifs is 2. The Bertz CT molecular complexity index is 3230. The molecule has 3 N–H and O–H groups in total. The van der Waals surface area contributed by atoms with Gasteiger partial charge in [-0.25, -0.2) is 14.4 Å². The standard InChI is InChI=1S/C56H61ClFN9O7S/c1-33-27-47(74-31-33)42(55(72)67-19-8-11-46(67)54(71)61-34(2)37-12-14-38(15-13-37)52-35(3)60-32-75-52)17-25-73-26-24-64(5)48(70)16-18-59-56-62-51-44(53(63-56)66-22-20-65(21-23-66)36(4)68)30-45(57)49(50(51)58)43-29-40(69)28-39-9-6-7-10-41(39)43/h6-7,9-10,12-15,27-32,34,42,46,69H,8,11,16-26H2,1-5H3,(H,61,71)(H,59,62,63)/t34-,42?,46-/m0/s1. The first-order chi connectivity index (χ1) is 36.1. The maximum Gasteiger partial charge on any atom is 0.243 e. The number of benzene rings is 4. The highest BCUT2D eigenvalue weighted by Gasteiger charge is 2.39. The number of hydrogen-bond acceptors (Lipinski definition) is 13. The summed E-state index contributed by atoms with van der Waals surface area (Å²) in [6.45, 7) is 10.4. The van der Waals surface area contributed by atoms with Crippen LogP contribution in [0.3, 0.4) is 0 Å². The van der Waals surface area contributed by atoms with Gasteiger partial charge in [0.05, 0.1) is 45.9 Å². The first kappa shape index (κ1) is 52.7. The van der Waals surface area contributed by atoms with Gasteiger partial charge < -0.3 is 44.5 Å². The maximum atomic E-state index is 17.1. The van der Waals surface area contributed by atoms with Gasteiger partial charge in [-0.1, -0.05) is 60.1 Å². The van der Waals surface area contributed by atoms with Crippen LogP contribution in [0.25, 0.3) is 43.2 Å². The lowest BCUT2D eigenvalue weighted by atomic mass is 9.96. The molecule has 4 aromatic carbocycles. The molecule has 2 aliphatic rings. The molecule has 2 saturated heterocycles. The Morgan fingerprint density at radius 2 is 1.76 bits per heavy atom. The molecule has 16 nitrogen and oxygen atoms in total. The molecular weight excluding hydrogens is 997 g/mol. The number of hydrogen-bond donors (Lipinski definition) is 3. The fourth-order valence-electron chi connectivity index (χ4n) is 10.0. The predicted molar refractivity (Wildman–Crippen MR) is 290 cm³/mol. The van der Waals surface area contributed by atoms with E-state index >= 15 is 4.39 Å². The Morgan fingerprint density at radius 3 is 2.48 bits per heavy atom. The molecule has 3 atom stereocenters. The van der Waals surface area contributed by atoms with E-state index in [1.165, 1.54) is 13.0 Å².